The molecule has 0 bridgehead atoms. The van der Waals surface area contributed by atoms with Gasteiger partial charge in [-0.15, -0.1) is 21.5 Å². The van der Waals surface area contributed by atoms with E-state index in [-0.39, 0.29) is 11.9 Å². The topological polar surface area (TPSA) is 51.0 Å². The van der Waals surface area contributed by atoms with Gasteiger partial charge in [0.2, 0.25) is 5.91 Å². The number of aromatic nitrogens is 3. The summed E-state index contributed by atoms with van der Waals surface area (Å²) in [5, 5.41) is 11.1. The van der Waals surface area contributed by atoms with Crippen LogP contribution in [0.3, 0.4) is 0 Å². The third-order valence-electron chi connectivity index (χ3n) is 5.10. The summed E-state index contributed by atoms with van der Waals surface area (Å²) in [4.78, 5) is 16.3. The molecular weight excluding hydrogens is 424 g/mol. The monoisotopic (exact) mass is 448 g/mol. The lowest BCUT2D eigenvalue weighted by Gasteiger charge is -2.29. The van der Waals surface area contributed by atoms with Crippen LogP contribution in [0, 0.1) is 0 Å². The molecule has 5 nitrogen and oxygen atoms in total. The zero-order chi connectivity index (χ0) is 21.5. The summed E-state index contributed by atoms with van der Waals surface area (Å²) in [6, 6.07) is 24.3. The molecule has 0 unspecified atom stereocenters. The van der Waals surface area contributed by atoms with Gasteiger partial charge in [-0.3, -0.25) is 4.79 Å². The molecule has 0 fully saturated rings. The third-order valence-corrected chi connectivity index (χ3v) is 7.00. The van der Waals surface area contributed by atoms with Crippen molar-refractivity contribution >= 4 is 29.0 Å². The molecule has 0 aliphatic carbocycles. The first-order valence-electron chi connectivity index (χ1n) is 10.1. The Morgan fingerprint density at radius 3 is 2.32 bits per heavy atom. The maximum absolute atomic E-state index is 13.1. The van der Waals surface area contributed by atoms with E-state index >= 15 is 0 Å². The molecule has 0 spiro atoms. The molecule has 31 heavy (non-hydrogen) atoms. The predicted molar refractivity (Wildman–Crippen MR) is 126 cm³/mol. The van der Waals surface area contributed by atoms with Gasteiger partial charge in [-0.2, -0.15) is 0 Å². The molecule has 4 rings (SSSR count). The fourth-order valence-corrected chi connectivity index (χ4v) is 5.04. The number of thiophene rings is 1. The zero-order valence-corrected chi connectivity index (χ0v) is 18.9. The van der Waals surface area contributed by atoms with Gasteiger partial charge in [-0.05, 0) is 29.0 Å². The van der Waals surface area contributed by atoms with Crippen molar-refractivity contribution in [2.45, 2.75) is 24.2 Å². The summed E-state index contributed by atoms with van der Waals surface area (Å²) in [7, 11) is 1.87. The van der Waals surface area contributed by atoms with Gasteiger partial charge >= 0.3 is 0 Å². The highest BCUT2D eigenvalue weighted by molar-refractivity contribution is 7.99. The minimum Gasteiger partial charge on any atom is -0.334 e. The SMILES string of the molecule is CN(C(=O)CSc1nncn1CCc1cccs1)C(c1ccccc1)c1ccccc1. The van der Waals surface area contributed by atoms with Gasteiger partial charge in [0.05, 0.1) is 11.8 Å². The molecule has 0 radical (unpaired) electrons. The van der Waals surface area contributed by atoms with Gasteiger partial charge in [0, 0.05) is 18.5 Å². The number of carbonyl (C=O) groups is 1. The van der Waals surface area contributed by atoms with E-state index in [0.29, 0.717) is 5.75 Å². The molecule has 1 amide bonds. The van der Waals surface area contributed by atoms with Crippen LogP contribution >= 0.6 is 23.1 Å². The van der Waals surface area contributed by atoms with Crippen molar-refractivity contribution < 1.29 is 4.79 Å². The minimum atomic E-state index is -0.132. The van der Waals surface area contributed by atoms with Gasteiger partial charge in [-0.1, -0.05) is 78.5 Å². The van der Waals surface area contributed by atoms with Crippen LogP contribution in [0.25, 0.3) is 0 Å². The van der Waals surface area contributed by atoms with E-state index in [9.17, 15) is 4.79 Å². The van der Waals surface area contributed by atoms with E-state index in [1.54, 1.807) is 17.7 Å². The van der Waals surface area contributed by atoms with Crippen LogP contribution in [0.1, 0.15) is 22.0 Å². The number of aryl methyl sites for hydroxylation is 2. The summed E-state index contributed by atoms with van der Waals surface area (Å²) in [6.45, 7) is 0.802. The molecule has 0 saturated heterocycles. The van der Waals surface area contributed by atoms with E-state index in [4.69, 9.17) is 0 Å². The molecule has 0 atom stereocenters. The van der Waals surface area contributed by atoms with E-state index in [0.717, 1.165) is 29.2 Å². The molecule has 158 valence electrons. The fourth-order valence-electron chi connectivity index (χ4n) is 3.48. The van der Waals surface area contributed by atoms with Crippen molar-refractivity contribution in [2.75, 3.05) is 12.8 Å². The Morgan fingerprint density at radius 2 is 1.71 bits per heavy atom. The Morgan fingerprint density at radius 1 is 1.03 bits per heavy atom. The second kappa shape index (κ2) is 10.4. The maximum atomic E-state index is 13.1. The van der Waals surface area contributed by atoms with E-state index in [2.05, 4.69) is 52.0 Å². The molecule has 0 aliphatic rings. The van der Waals surface area contributed by atoms with Gasteiger partial charge in [-0.25, -0.2) is 0 Å². The molecule has 0 aliphatic heterocycles. The molecule has 2 heterocycles. The Balaban J connectivity index is 1.43. The first-order valence-corrected chi connectivity index (χ1v) is 12.0. The number of rotatable bonds is 9. The number of hydrogen-bond acceptors (Lipinski definition) is 5. The first kappa shape index (κ1) is 21.3. The van der Waals surface area contributed by atoms with Crippen molar-refractivity contribution in [3.63, 3.8) is 0 Å². The summed E-state index contributed by atoms with van der Waals surface area (Å²) < 4.78 is 2.02. The zero-order valence-electron chi connectivity index (χ0n) is 17.3. The Hall–Kier alpha value is -2.90. The maximum Gasteiger partial charge on any atom is 0.233 e. The predicted octanol–water partition coefficient (Wildman–Crippen LogP) is 4.92. The Labute approximate surface area is 190 Å². The number of amides is 1. The summed E-state index contributed by atoms with van der Waals surface area (Å²) in [6.07, 6.45) is 2.67. The molecule has 7 heteroatoms. The second-order valence-electron chi connectivity index (χ2n) is 7.15. The molecular formula is C24H24N4OS2. The number of hydrogen-bond donors (Lipinski definition) is 0. The van der Waals surface area contributed by atoms with Crippen LogP contribution in [0.5, 0.6) is 0 Å². The Bertz CT molecular complexity index is 1040. The van der Waals surface area contributed by atoms with Crippen molar-refractivity contribution in [3.05, 3.63) is 101 Å². The number of carbonyl (C=O) groups excluding carboxylic acids is 1. The lowest BCUT2D eigenvalue weighted by atomic mass is 9.97. The quantitative estimate of drug-likeness (QED) is 0.341. The fraction of sp³-hybridized carbons (Fsp3) is 0.208. The van der Waals surface area contributed by atoms with Crippen LogP contribution in [-0.2, 0) is 17.8 Å². The normalized spacial score (nSPS) is 11.0. The van der Waals surface area contributed by atoms with Crippen LogP contribution < -0.4 is 0 Å². The highest BCUT2D eigenvalue weighted by Gasteiger charge is 2.23. The largest absolute Gasteiger partial charge is 0.334 e. The average Bonchev–Trinajstić information content (AvgIpc) is 3.49. The van der Waals surface area contributed by atoms with Gasteiger partial charge in [0.1, 0.15) is 6.33 Å². The summed E-state index contributed by atoms with van der Waals surface area (Å²) in [5.41, 5.74) is 2.18. The van der Waals surface area contributed by atoms with Crippen molar-refractivity contribution in [2.24, 2.45) is 0 Å². The standard InChI is InChI=1S/C24H24N4OS2/c1-27(23(19-9-4-2-5-10-19)20-11-6-3-7-12-20)22(29)17-31-24-26-25-18-28(24)15-14-21-13-8-16-30-21/h2-13,16,18,23H,14-15,17H2,1H3. The lowest BCUT2D eigenvalue weighted by Crippen LogP contribution is -2.33. The van der Waals surface area contributed by atoms with Crippen molar-refractivity contribution in [3.8, 4) is 0 Å². The molecule has 4 aromatic rings. The first-order chi connectivity index (χ1) is 15.2. The smallest absolute Gasteiger partial charge is 0.233 e. The van der Waals surface area contributed by atoms with Crippen molar-refractivity contribution in [1.82, 2.24) is 19.7 Å². The second-order valence-corrected chi connectivity index (χ2v) is 9.13. The minimum absolute atomic E-state index is 0.0514. The van der Waals surface area contributed by atoms with Crippen LogP contribution in [0.15, 0.2) is 89.7 Å². The van der Waals surface area contributed by atoms with Crippen molar-refractivity contribution in [1.29, 1.82) is 0 Å². The molecule has 0 N–H and O–H groups in total. The highest BCUT2D eigenvalue weighted by Crippen LogP contribution is 2.28. The Kier molecular flexibility index (Phi) is 7.17. The number of nitrogens with zero attached hydrogens (tertiary/aromatic N) is 4. The molecule has 2 aromatic heterocycles. The summed E-state index contributed by atoms with van der Waals surface area (Å²) >= 11 is 3.19. The van der Waals surface area contributed by atoms with Gasteiger partial charge < -0.3 is 9.47 Å². The van der Waals surface area contributed by atoms with Crippen LogP contribution in [0.4, 0.5) is 0 Å². The van der Waals surface area contributed by atoms with E-state index in [1.165, 1.54) is 16.6 Å². The van der Waals surface area contributed by atoms with Gasteiger partial charge in [0.15, 0.2) is 5.16 Å². The molecule has 2 aromatic carbocycles. The molecule has 0 saturated carbocycles. The highest BCUT2D eigenvalue weighted by atomic mass is 32.2. The lowest BCUT2D eigenvalue weighted by molar-refractivity contribution is -0.128. The van der Waals surface area contributed by atoms with E-state index < -0.39 is 0 Å². The van der Waals surface area contributed by atoms with E-state index in [1.807, 2.05) is 52.9 Å². The van der Waals surface area contributed by atoms with Crippen LogP contribution in [-0.4, -0.2) is 38.4 Å². The number of thioether (sulfide) groups is 1. The van der Waals surface area contributed by atoms with Gasteiger partial charge in [0.25, 0.3) is 0 Å². The third kappa shape index (κ3) is 5.42. The van der Waals surface area contributed by atoms with Crippen LogP contribution in [0.2, 0.25) is 0 Å². The number of benzene rings is 2. The average molecular weight is 449 g/mol. The summed E-state index contributed by atoms with van der Waals surface area (Å²) in [5.74, 6) is 0.361.